The fraction of sp³-hybridized carbons (Fsp3) is 0.600. The van der Waals surface area contributed by atoms with Crippen molar-refractivity contribution in [3.8, 4) is 17.2 Å². The highest BCUT2D eigenvalue weighted by molar-refractivity contribution is 5.54. The monoisotopic (exact) mass is 296 g/mol. The van der Waals surface area contributed by atoms with Crippen LogP contribution in [0.1, 0.15) is 24.4 Å². The average Bonchev–Trinajstić information content (AvgIpc) is 2.55. The quantitative estimate of drug-likeness (QED) is 0.614. The first kappa shape index (κ1) is 15.9. The molecule has 0 amide bonds. The van der Waals surface area contributed by atoms with Crippen molar-refractivity contribution >= 4 is 0 Å². The number of nitrogens with one attached hydrogen (secondary N) is 1. The van der Waals surface area contributed by atoms with Crippen molar-refractivity contribution in [3.05, 3.63) is 17.7 Å². The highest BCUT2D eigenvalue weighted by atomic mass is 16.5. The molecule has 1 aliphatic rings. The summed E-state index contributed by atoms with van der Waals surface area (Å²) in [4.78, 5) is 0. The fourth-order valence-corrected chi connectivity index (χ4v) is 2.83. The molecule has 1 fully saturated rings. The predicted molar refractivity (Wildman–Crippen MR) is 79.7 cm³/mol. The van der Waals surface area contributed by atoms with Crippen LogP contribution in [0.2, 0.25) is 0 Å². The molecule has 1 unspecified atom stereocenters. The third kappa shape index (κ3) is 3.40. The molecule has 3 N–H and O–H groups in total. The summed E-state index contributed by atoms with van der Waals surface area (Å²) >= 11 is 0. The average molecular weight is 296 g/mol. The zero-order valence-corrected chi connectivity index (χ0v) is 12.8. The number of nitrogens with two attached hydrogens (primary N) is 1. The molecule has 21 heavy (non-hydrogen) atoms. The molecule has 1 heterocycles. The molecule has 6 heteroatoms. The maximum atomic E-state index is 5.79. The van der Waals surface area contributed by atoms with E-state index in [0.717, 1.165) is 31.6 Å². The van der Waals surface area contributed by atoms with E-state index in [-0.39, 0.29) is 6.04 Å². The largest absolute Gasteiger partial charge is 0.493 e. The van der Waals surface area contributed by atoms with Crippen LogP contribution < -0.4 is 25.5 Å². The summed E-state index contributed by atoms with van der Waals surface area (Å²) in [6.07, 6.45) is 1.96. The summed E-state index contributed by atoms with van der Waals surface area (Å²) in [6.45, 7) is 1.54. The van der Waals surface area contributed by atoms with Gasteiger partial charge in [-0.15, -0.1) is 0 Å². The van der Waals surface area contributed by atoms with Gasteiger partial charge in [-0.25, -0.2) is 0 Å². The Kier molecular flexibility index (Phi) is 5.67. The molecule has 0 aromatic heterocycles. The molecule has 118 valence electrons. The van der Waals surface area contributed by atoms with Crippen LogP contribution >= 0.6 is 0 Å². The van der Waals surface area contributed by atoms with Crippen LogP contribution in [0.25, 0.3) is 0 Å². The minimum Gasteiger partial charge on any atom is -0.493 e. The zero-order chi connectivity index (χ0) is 15.2. The molecule has 0 bridgehead atoms. The Morgan fingerprint density at radius 1 is 1.10 bits per heavy atom. The summed E-state index contributed by atoms with van der Waals surface area (Å²) in [5.74, 6) is 8.07. The first-order valence-corrected chi connectivity index (χ1v) is 7.09. The van der Waals surface area contributed by atoms with Gasteiger partial charge < -0.3 is 18.9 Å². The second kappa shape index (κ2) is 7.49. The van der Waals surface area contributed by atoms with Crippen molar-refractivity contribution in [3.63, 3.8) is 0 Å². The van der Waals surface area contributed by atoms with Gasteiger partial charge in [0.15, 0.2) is 11.5 Å². The molecule has 0 radical (unpaired) electrons. The molecule has 1 aromatic rings. The first-order chi connectivity index (χ1) is 10.2. The van der Waals surface area contributed by atoms with Gasteiger partial charge >= 0.3 is 0 Å². The summed E-state index contributed by atoms with van der Waals surface area (Å²) < 4.78 is 21.6. The van der Waals surface area contributed by atoms with Gasteiger partial charge in [0.2, 0.25) is 5.75 Å². The topological polar surface area (TPSA) is 75.0 Å². The van der Waals surface area contributed by atoms with E-state index in [1.807, 2.05) is 12.1 Å². The van der Waals surface area contributed by atoms with E-state index < -0.39 is 0 Å². The summed E-state index contributed by atoms with van der Waals surface area (Å²) in [5.41, 5.74) is 3.95. The highest BCUT2D eigenvalue weighted by Gasteiger charge is 2.26. The normalized spacial score (nSPS) is 17.3. The number of hydrogen-bond donors (Lipinski definition) is 2. The molecule has 0 aliphatic carbocycles. The van der Waals surface area contributed by atoms with Crippen molar-refractivity contribution in [1.82, 2.24) is 5.43 Å². The maximum absolute atomic E-state index is 5.79. The summed E-state index contributed by atoms with van der Waals surface area (Å²) in [7, 11) is 4.82. The molecule has 1 aliphatic heterocycles. The molecule has 0 spiro atoms. The first-order valence-electron chi connectivity index (χ1n) is 7.09. The van der Waals surface area contributed by atoms with Gasteiger partial charge in [-0.2, -0.15) is 0 Å². The van der Waals surface area contributed by atoms with E-state index in [4.69, 9.17) is 24.8 Å². The van der Waals surface area contributed by atoms with Gasteiger partial charge in [0, 0.05) is 19.3 Å². The van der Waals surface area contributed by atoms with Gasteiger partial charge in [-0.1, -0.05) is 0 Å². The minimum absolute atomic E-state index is 0.0302. The zero-order valence-electron chi connectivity index (χ0n) is 12.8. The van der Waals surface area contributed by atoms with Gasteiger partial charge in [0.1, 0.15) is 0 Å². The van der Waals surface area contributed by atoms with Crippen molar-refractivity contribution in [2.45, 2.75) is 18.9 Å². The lowest BCUT2D eigenvalue weighted by atomic mass is 9.87. The van der Waals surface area contributed by atoms with Gasteiger partial charge in [0.25, 0.3) is 0 Å². The Morgan fingerprint density at radius 2 is 1.67 bits per heavy atom. The van der Waals surface area contributed by atoms with Crippen LogP contribution in [0, 0.1) is 5.92 Å². The van der Waals surface area contributed by atoms with Crippen LogP contribution in [-0.4, -0.2) is 34.5 Å². The lowest BCUT2D eigenvalue weighted by Gasteiger charge is -2.30. The van der Waals surface area contributed by atoms with E-state index in [2.05, 4.69) is 5.43 Å². The van der Waals surface area contributed by atoms with E-state index in [9.17, 15) is 0 Å². The van der Waals surface area contributed by atoms with E-state index in [0.29, 0.717) is 23.2 Å². The lowest BCUT2D eigenvalue weighted by molar-refractivity contribution is 0.0535. The summed E-state index contributed by atoms with van der Waals surface area (Å²) in [5, 5.41) is 0. The number of hydrazine groups is 1. The van der Waals surface area contributed by atoms with E-state index >= 15 is 0 Å². The fourth-order valence-electron chi connectivity index (χ4n) is 2.83. The van der Waals surface area contributed by atoms with Crippen LogP contribution in [0.4, 0.5) is 0 Å². The number of rotatable bonds is 6. The van der Waals surface area contributed by atoms with Crippen molar-refractivity contribution < 1.29 is 18.9 Å². The molecular formula is C15H24N2O4. The Hall–Kier alpha value is -1.50. The third-order valence-corrected chi connectivity index (χ3v) is 3.96. The van der Waals surface area contributed by atoms with Crippen LogP contribution in [0.15, 0.2) is 12.1 Å². The Balaban J connectivity index is 2.36. The molecule has 6 nitrogen and oxygen atoms in total. The molecule has 1 atom stereocenters. The lowest BCUT2D eigenvalue weighted by Crippen LogP contribution is -2.36. The Labute approximate surface area is 125 Å². The smallest absolute Gasteiger partial charge is 0.203 e. The van der Waals surface area contributed by atoms with Crippen molar-refractivity contribution in [2.24, 2.45) is 11.8 Å². The second-order valence-corrected chi connectivity index (χ2v) is 5.05. The van der Waals surface area contributed by atoms with E-state index in [1.54, 1.807) is 21.3 Å². The third-order valence-electron chi connectivity index (χ3n) is 3.96. The molecular weight excluding hydrogens is 272 g/mol. The SMILES string of the molecule is COc1cc(C(NN)C2CCOCC2)cc(OC)c1OC. The molecule has 0 saturated carbocycles. The molecule has 2 rings (SSSR count). The molecule has 1 aromatic carbocycles. The number of benzene rings is 1. The van der Waals surface area contributed by atoms with Crippen LogP contribution in [-0.2, 0) is 4.74 Å². The predicted octanol–water partition coefficient (Wildman–Crippen LogP) is 1.64. The van der Waals surface area contributed by atoms with Gasteiger partial charge in [0.05, 0.1) is 21.3 Å². The van der Waals surface area contributed by atoms with Crippen molar-refractivity contribution in [2.75, 3.05) is 34.5 Å². The maximum Gasteiger partial charge on any atom is 0.203 e. The van der Waals surface area contributed by atoms with Crippen LogP contribution in [0.3, 0.4) is 0 Å². The van der Waals surface area contributed by atoms with Gasteiger partial charge in [-0.3, -0.25) is 11.3 Å². The standard InChI is InChI=1S/C15H24N2O4/c1-18-12-8-11(9-13(19-2)15(12)20-3)14(17-16)10-4-6-21-7-5-10/h8-10,14,17H,4-7,16H2,1-3H3. The van der Waals surface area contributed by atoms with Gasteiger partial charge in [-0.05, 0) is 36.5 Å². The minimum atomic E-state index is 0.0302. The number of hydrogen-bond acceptors (Lipinski definition) is 6. The van der Waals surface area contributed by atoms with E-state index in [1.165, 1.54) is 0 Å². The number of ether oxygens (including phenoxy) is 4. The number of methoxy groups -OCH3 is 3. The Bertz CT molecular complexity index is 436. The van der Waals surface area contributed by atoms with Crippen LogP contribution in [0.5, 0.6) is 17.2 Å². The molecule has 1 saturated heterocycles. The Morgan fingerprint density at radius 3 is 2.10 bits per heavy atom. The second-order valence-electron chi connectivity index (χ2n) is 5.05. The highest BCUT2D eigenvalue weighted by Crippen LogP contribution is 2.41. The van der Waals surface area contributed by atoms with Crippen molar-refractivity contribution in [1.29, 1.82) is 0 Å². The summed E-state index contributed by atoms with van der Waals surface area (Å²) in [6, 6.07) is 3.92.